The van der Waals surface area contributed by atoms with Gasteiger partial charge in [-0.2, -0.15) is 0 Å². The number of benzene rings is 1. The van der Waals surface area contributed by atoms with Gasteiger partial charge < -0.3 is 9.47 Å². The van der Waals surface area contributed by atoms with Gasteiger partial charge in [-0.3, -0.25) is 9.78 Å². The molecule has 0 spiro atoms. The van der Waals surface area contributed by atoms with E-state index in [4.69, 9.17) is 9.47 Å². The average molecular weight is 462 g/mol. The highest BCUT2D eigenvalue weighted by Crippen LogP contribution is 2.26. The smallest absolute Gasteiger partial charge is 0.137 e. The van der Waals surface area contributed by atoms with E-state index in [0.717, 1.165) is 19.3 Å². The van der Waals surface area contributed by atoms with Crippen molar-refractivity contribution in [3.05, 3.63) is 42.3 Å². The number of hydrogen-bond acceptors (Lipinski definition) is 4. The van der Waals surface area contributed by atoms with Crippen LogP contribution in [0.1, 0.15) is 78.1 Å². The van der Waals surface area contributed by atoms with Crippen molar-refractivity contribution < 1.29 is 23.0 Å². The van der Waals surface area contributed by atoms with Gasteiger partial charge in [0, 0.05) is 24.5 Å². The number of Topliss-reactive ketones (excluding diaryl/α,β-unsaturated/α-hetero) is 1. The topological polar surface area (TPSA) is 48.4 Å². The quantitative estimate of drug-likeness (QED) is 0.229. The lowest BCUT2D eigenvalue weighted by atomic mass is 10.1. The fourth-order valence-corrected chi connectivity index (χ4v) is 3.48. The summed E-state index contributed by atoms with van der Waals surface area (Å²) in [4.78, 5) is 15.7. The Morgan fingerprint density at radius 3 is 2.39 bits per heavy atom. The lowest BCUT2D eigenvalue weighted by Gasteiger charge is -2.11. The third-order valence-electron chi connectivity index (χ3n) is 5.42. The Morgan fingerprint density at radius 2 is 1.70 bits per heavy atom. The van der Waals surface area contributed by atoms with Crippen molar-refractivity contribution in [3.8, 4) is 22.8 Å². The second kappa shape index (κ2) is 15.4. The first-order valence-corrected chi connectivity index (χ1v) is 12.2. The van der Waals surface area contributed by atoms with Crippen LogP contribution in [0.25, 0.3) is 11.3 Å². The molecule has 1 aromatic carbocycles. The van der Waals surface area contributed by atoms with E-state index in [-0.39, 0.29) is 25.2 Å². The number of halogens is 2. The van der Waals surface area contributed by atoms with Crippen LogP contribution < -0.4 is 9.47 Å². The van der Waals surface area contributed by atoms with Crippen molar-refractivity contribution in [2.75, 3.05) is 13.2 Å². The van der Waals surface area contributed by atoms with Crippen LogP contribution in [0, 0.1) is 5.82 Å². The Bertz CT molecular complexity index is 827. The number of unbranched alkanes of at least 4 members (excludes halogenated alkanes) is 5. The molecule has 0 bridgehead atoms. The number of carbonyl (C=O) groups is 1. The predicted octanol–water partition coefficient (Wildman–Crippen LogP) is 7.49. The summed E-state index contributed by atoms with van der Waals surface area (Å²) in [5, 5.41) is 0. The number of carbonyl (C=O) groups excluding carboxylic acids is 1. The molecule has 6 heteroatoms. The molecule has 33 heavy (non-hydrogen) atoms. The van der Waals surface area contributed by atoms with Gasteiger partial charge in [-0.1, -0.05) is 46.0 Å². The normalized spacial score (nSPS) is 11.9. The summed E-state index contributed by atoms with van der Waals surface area (Å²) in [6.45, 7) is 4.56. The van der Waals surface area contributed by atoms with Crippen LogP contribution in [0.5, 0.6) is 11.5 Å². The number of nitrogens with zero attached hydrogens (tertiary/aromatic N) is 1. The van der Waals surface area contributed by atoms with Gasteiger partial charge in [0.25, 0.3) is 0 Å². The predicted molar refractivity (Wildman–Crippen MR) is 128 cm³/mol. The molecule has 182 valence electrons. The van der Waals surface area contributed by atoms with Crippen molar-refractivity contribution in [2.45, 2.75) is 84.2 Å². The highest BCUT2D eigenvalue weighted by molar-refractivity contribution is 5.78. The molecule has 1 unspecified atom stereocenters. The van der Waals surface area contributed by atoms with E-state index in [0.29, 0.717) is 35.8 Å². The maximum absolute atomic E-state index is 14.6. The number of alkyl halides is 1. The Balaban J connectivity index is 1.78. The summed E-state index contributed by atoms with van der Waals surface area (Å²) in [6, 6.07) is 8.06. The van der Waals surface area contributed by atoms with Crippen molar-refractivity contribution >= 4 is 5.78 Å². The standard InChI is InChI=1S/C27H37F2NO3/c1-3-5-6-7-8-9-17-32-23-13-15-25(26(29)18-23)27-16-14-24(19-30-27)33-20-21(28)11-12-22(31)10-4-2/h13-16,18-19,21H,3-12,17,20H2,1-2H3. The largest absolute Gasteiger partial charge is 0.493 e. The lowest BCUT2D eigenvalue weighted by Crippen LogP contribution is -2.14. The van der Waals surface area contributed by atoms with Crippen LogP contribution >= 0.6 is 0 Å². The van der Waals surface area contributed by atoms with Crippen LogP contribution in [0.4, 0.5) is 8.78 Å². The van der Waals surface area contributed by atoms with Gasteiger partial charge in [0.1, 0.15) is 35.9 Å². The molecule has 1 heterocycles. The van der Waals surface area contributed by atoms with E-state index in [2.05, 4.69) is 11.9 Å². The monoisotopic (exact) mass is 461 g/mol. The summed E-state index contributed by atoms with van der Waals surface area (Å²) < 4.78 is 39.6. The third-order valence-corrected chi connectivity index (χ3v) is 5.42. The minimum absolute atomic E-state index is 0.0759. The molecule has 0 saturated carbocycles. The Kier molecular flexibility index (Phi) is 12.4. The van der Waals surface area contributed by atoms with E-state index in [9.17, 15) is 13.6 Å². The lowest BCUT2D eigenvalue weighted by molar-refractivity contribution is -0.119. The van der Waals surface area contributed by atoms with Gasteiger partial charge in [-0.25, -0.2) is 8.78 Å². The summed E-state index contributed by atoms with van der Waals surface area (Å²) in [5.41, 5.74) is 0.829. The maximum Gasteiger partial charge on any atom is 0.137 e. The third kappa shape index (κ3) is 10.3. The molecular weight excluding hydrogens is 424 g/mol. The molecule has 1 aromatic heterocycles. The van der Waals surface area contributed by atoms with Gasteiger partial charge >= 0.3 is 0 Å². The second-order valence-electron chi connectivity index (χ2n) is 8.37. The van der Waals surface area contributed by atoms with Crippen LogP contribution in [0.2, 0.25) is 0 Å². The molecule has 0 radical (unpaired) electrons. The molecule has 0 saturated heterocycles. The van der Waals surface area contributed by atoms with Gasteiger partial charge in [0.2, 0.25) is 0 Å². The number of pyridine rings is 1. The minimum atomic E-state index is -1.22. The zero-order valence-electron chi connectivity index (χ0n) is 20.0. The fourth-order valence-electron chi connectivity index (χ4n) is 3.48. The average Bonchev–Trinajstić information content (AvgIpc) is 2.81. The first-order valence-electron chi connectivity index (χ1n) is 12.2. The Labute approximate surface area is 196 Å². The molecular formula is C27H37F2NO3. The van der Waals surface area contributed by atoms with Crippen LogP contribution in [0.15, 0.2) is 36.5 Å². The molecule has 0 aliphatic carbocycles. The second-order valence-corrected chi connectivity index (χ2v) is 8.37. The number of hydrogen-bond donors (Lipinski definition) is 0. The Hall–Kier alpha value is -2.50. The van der Waals surface area contributed by atoms with Crippen LogP contribution in [0.3, 0.4) is 0 Å². The molecule has 0 N–H and O–H groups in total. The number of aromatic nitrogens is 1. The summed E-state index contributed by atoms with van der Waals surface area (Å²) in [5.74, 6) is 0.584. The summed E-state index contributed by atoms with van der Waals surface area (Å²) >= 11 is 0. The van der Waals surface area contributed by atoms with Gasteiger partial charge in [-0.15, -0.1) is 0 Å². The van der Waals surface area contributed by atoms with Crippen molar-refractivity contribution in [1.82, 2.24) is 4.98 Å². The van der Waals surface area contributed by atoms with E-state index >= 15 is 0 Å². The van der Waals surface area contributed by atoms with Crippen molar-refractivity contribution in [1.29, 1.82) is 0 Å². The molecule has 0 aliphatic heterocycles. The number of ether oxygens (including phenoxy) is 2. The van der Waals surface area contributed by atoms with E-state index in [1.54, 1.807) is 24.3 Å². The van der Waals surface area contributed by atoms with E-state index < -0.39 is 12.0 Å². The van der Waals surface area contributed by atoms with Gasteiger partial charge in [-0.05, 0) is 43.5 Å². The molecule has 2 aromatic rings. The molecule has 0 fully saturated rings. The zero-order valence-corrected chi connectivity index (χ0v) is 20.0. The first-order chi connectivity index (χ1) is 16.0. The number of rotatable bonds is 17. The van der Waals surface area contributed by atoms with Crippen LogP contribution in [-0.2, 0) is 4.79 Å². The molecule has 0 aliphatic rings. The van der Waals surface area contributed by atoms with E-state index in [1.165, 1.54) is 37.9 Å². The fraction of sp³-hybridized carbons (Fsp3) is 0.556. The molecule has 4 nitrogen and oxygen atoms in total. The van der Waals surface area contributed by atoms with Gasteiger partial charge in [0.15, 0.2) is 0 Å². The molecule has 1 atom stereocenters. The highest BCUT2D eigenvalue weighted by Gasteiger charge is 2.12. The summed E-state index contributed by atoms with van der Waals surface area (Å²) in [6.07, 6.45) is 8.94. The van der Waals surface area contributed by atoms with Crippen molar-refractivity contribution in [2.24, 2.45) is 0 Å². The Morgan fingerprint density at radius 1 is 0.939 bits per heavy atom. The van der Waals surface area contributed by atoms with Crippen molar-refractivity contribution in [3.63, 3.8) is 0 Å². The summed E-state index contributed by atoms with van der Waals surface area (Å²) in [7, 11) is 0. The SMILES string of the molecule is CCCCCCCCOc1ccc(-c2ccc(OCC(F)CCC(=O)CCC)cn2)c(F)c1. The number of ketones is 1. The maximum atomic E-state index is 14.6. The van der Waals surface area contributed by atoms with E-state index in [1.807, 2.05) is 6.92 Å². The van der Waals surface area contributed by atoms with Gasteiger partial charge in [0.05, 0.1) is 18.5 Å². The molecule has 0 amide bonds. The first kappa shape index (κ1) is 26.7. The zero-order chi connectivity index (χ0) is 23.9. The van der Waals surface area contributed by atoms with Crippen LogP contribution in [-0.4, -0.2) is 30.2 Å². The minimum Gasteiger partial charge on any atom is -0.493 e. The molecule has 2 rings (SSSR count). The highest BCUT2D eigenvalue weighted by atomic mass is 19.1.